The Bertz CT molecular complexity index is 1460. The van der Waals surface area contributed by atoms with E-state index in [1.165, 1.54) is 10.6 Å². The predicted octanol–water partition coefficient (Wildman–Crippen LogP) is 7.72. The van der Waals surface area contributed by atoms with E-state index in [-0.39, 0.29) is 5.91 Å². The van der Waals surface area contributed by atoms with Crippen LogP contribution in [0, 0.1) is 6.92 Å². The molecule has 0 atom stereocenters. The average Bonchev–Trinajstić information content (AvgIpc) is 3.21. The number of amides is 1. The van der Waals surface area contributed by atoms with E-state index in [1.54, 1.807) is 18.2 Å². The molecule has 4 aromatic carbocycles. The van der Waals surface area contributed by atoms with Crippen molar-refractivity contribution < 1.29 is 9.53 Å². The van der Waals surface area contributed by atoms with Crippen molar-refractivity contribution in [1.29, 1.82) is 0 Å². The van der Waals surface area contributed by atoms with E-state index >= 15 is 0 Å². The lowest BCUT2D eigenvalue weighted by molar-refractivity contribution is -0.114. The minimum Gasteiger partial charge on any atom is -0.487 e. The topological polar surface area (TPSA) is 41.9 Å². The lowest BCUT2D eigenvalue weighted by Crippen LogP contribution is -2.21. The second-order valence-corrected chi connectivity index (χ2v) is 9.25. The molecule has 0 saturated carbocycles. The summed E-state index contributed by atoms with van der Waals surface area (Å²) in [6.45, 7) is 2.36. The van der Waals surface area contributed by atoms with Crippen LogP contribution >= 0.6 is 23.2 Å². The second kappa shape index (κ2) is 10.4. The minimum atomic E-state index is -0.249. The van der Waals surface area contributed by atoms with Crippen LogP contribution in [-0.2, 0) is 11.4 Å². The highest BCUT2D eigenvalue weighted by Crippen LogP contribution is 2.36. The molecule has 0 saturated heterocycles. The molecule has 4 aromatic rings. The highest BCUT2D eigenvalue weighted by atomic mass is 35.5. The molecule has 0 fully saturated rings. The van der Waals surface area contributed by atoms with Gasteiger partial charge in [0.15, 0.2) is 0 Å². The van der Waals surface area contributed by atoms with E-state index in [1.807, 2.05) is 91.9 Å². The molecule has 178 valence electrons. The van der Waals surface area contributed by atoms with Crippen LogP contribution in [0.25, 0.3) is 6.08 Å². The molecule has 1 aliphatic heterocycles. The van der Waals surface area contributed by atoms with Crippen molar-refractivity contribution in [3.05, 3.63) is 135 Å². The van der Waals surface area contributed by atoms with Gasteiger partial charge in [-0.05, 0) is 42.8 Å². The minimum absolute atomic E-state index is 0.249. The van der Waals surface area contributed by atoms with E-state index in [2.05, 4.69) is 5.10 Å². The van der Waals surface area contributed by atoms with Gasteiger partial charge in [0.05, 0.1) is 16.3 Å². The number of carbonyl (C=O) groups excluding carboxylic acids is 1. The van der Waals surface area contributed by atoms with Gasteiger partial charge in [-0.15, -0.1) is 0 Å². The van der Waals surface area contributed by atoms with Gasteiger partial charge in [0, 0.05) is 16.1 Å². The van der Waals surface area contributed by atoms with Gasteiger partial charge < -0.3 is 4.74 Å². The molecule has 1 aliphatic rings. The molecule has 0 radical (unpaired) electrons. The average molecular weight is 513 g/mol. The van der Waals surface area contributed by atoms with Crippen LogP contribution in [-0.4, -0.2) is 11.6 Å². The van der Waals surface area contributed by atoms with Crippen LogP contribution in [0.2, 0.25) is 10.0 Å². The van der Waals surface area contributed by atoms with Crippen molar-refractivity contribution in [3.63, 3.8) is 0 Å². The van der Waals surface area contributed by atoms with Gasteiger partial charge in [-0.3, -0.25) is 4.79 Å². The first-order valence-electron chi connectivity index (χ1n) is 11.4. The summed E-state index contributed by atoms with van der Waals surface area (Å²) in [4.78, 5) is 13.6. The van der Waals surface area contributed by atoms with Crippen LogP contribution in [0.3, 0.4) is 0 Å². The third-order valence-corrected chi connectivity index (χ3v) is 6.27. The second-order valence-electron chi connectivity index (χ2n) is 8.41. The SMILES string of the molecule is Cc1ccc(COc2c(Cl)cc(Cl)cc2/C=C2\C(=O)N(c3ccccc3)N=C2c2ccccc2)cc1. The molecule has 1 amide bonds. The molecule has 0 unspecified atom stereocenters. The molecule has 0 N–H and O–H groups in total. The quantitative estimate of drug-likeness (QED) is 0.248. The number of anilines is 1. The summed E-state index contributed by atoms with van der Waals surface area (Å²) in [6.07, 6.45) is 1.75. The first-order chi connectivity index (χ1) is 17.5. The molecular weight excluding hydrogens is 491 g/mol. The van der Waals surface area contributed by atoms with Gasteiger partial charge in [0.25, 0.3) is 5.91 Å². The summed E-state index contributed by atoms with van der Waals surface area (Å²) in [7, 11) is 0. The number of nitrogens with zero attached hydrogens (tertiary/aromatic N) is 2. The molecule has 0 aromatic heterocycles. The summed E-state index contributed by atoms with van der Waals surface area (Å²) < 4.78 is 6.15. The van der Waals surface area contributed by atoms with Crippen LogP contribution < -0.4 is 9.75 Å². The monoisotopic (exact) mass is 512 g/mol. The molecule has 0 bridgehead atoms. The Balaban J connectivity index is 1.57. The number of hydrazone groups is 1. The van der Waals surface area contributed by atoms with E-state index in [0.29, 0.717) is 44.9 Å². The number of para-hydroxylation sites is 1. The third-order valence-electron chi connectivity index (χ3n) is 5.77. The van der Waals surface area contributed by atoms with Gasteiger partial charge in [0.1, 0.15) is 18.1 Å². The molecule has 4 nitrogen and oxygen atoms in total. The molecule has 36 heavy (non-hydrogen) atoms. The fourth-order valence-corrected chi connectivity index (χ4v) is 4.50. The van der Waals surface area contributed by atoms with Crippen LogP contribution in [0.15, 0.2) is 108 Å². The molecule has 0 aliphatic carbocycles. The van der Waals surface area contributed by atoms with Gasteiger partial charge in [-0.25, -0.2) is 0 Å². The summed E-state index contributed by atoms with van der Waals surface area (Å²) >= 11 is 12.9. The Labute approximate surface area is 220 Å². The van der Waals surface area contributed by atoms with Crippen molar-refractivity contribution in [2.24, 2.45) is 5.10 Å². The van der Waals surface area contributed by atoms with Gasteiger partial charge in [-0.2, -0.15) is 10.1 Å². The summed E-state index contributed by atoms with van der Waals surface area (Å²) in [5, 5.41) is 6.91. The lowest BCUT2D eigenvalue weighted by atomic mass is 10.00. The zero-order chi connectivity index (χ0) is 25.1. The summed E-state index contributed by atoms with van der Waals surface area (Å²) in [5.74, 6) is 0.202. The van der Waals surface area contributed by atoms with Crippen molar-refractivity contribution >= 4 is 46.6 Å². The highest BCUT2D eigenvalue weighted by molar-refractivity contribution is 6.38. The summed E-state index contributed by atoms with van der Waals surface area (Å²) in [5.41, 5.74) is 5.26. The fourth-order valence-electron chi connectivity index (χ4n) is 3.93. The Morgan fingerprint density at radius 2 is 1.56 bits per heavy atom. The number of ether oxygens (including phenoxy) is 1. The van der Waals surface area contributed by atoms with Crippen molar-refractivity contribution in [3.8, 4) is 5.75 Å². The first-order valence-corrected chi connectivity index (χ1v) is 12.2. The number of aryl methyl sites for hydroxylation is 1. The Morgan fingerprint density at radius 3 is 2.25 bits per heavy atom. The highest BCUT2D eigenvalue weighted by Gasteiger charge is 2.32. The van der Waals surface area contributed by atoms with Crippen LogP contribution in [0.1, 0.15) is 22.3 Å². The molecular formula is C30H22Cl2N2O2. The number of rotatable bonds is 6. The molecule has 6 heteroatoms. The molecule has 1 heterocycles. The van der Waals surface area contributed by atoms with E-state index in [0.717, 1.165) is 11.1 Å². The number of hydrogen-bond acceptors (Lipinski definition) is 3. The van der Waals surface area contributed by atoms with Crippen molar-refractivity contribution in [2.45, 2.75) is 13.5 Å². The summed E-state index contributed by atoms with van der Waals surface area (Å²) in [6, 6.07) is 30.4. The molecule has 0 spiro atoms. The first kappa shape index (κ1) is 23.9. The van der Waals surface area contributed by atoms with Crippen LogP contribution in [0.4, 0.5) is 5.69 Å². The zero-order valence-corrected chi connectivity index (χ0v) is 21.0. The van der Waals surface area contributed by atoms with Crippen molar-refractivity contribution in [1.82, 2.24) is 0 Å². The maximum atomic E-state index is 13.6. The van der Waals surface area contributed by atoms with Crippen LogP contribution in [0.5, 0.6) is 5.75 Å². The van der Waals surface area contributed by atoms with E-state index in [9.17, 15) is 4.79 Å². The normalized spacial score (nSPS) is 14.3. The molecule has 5 rings (SSSR count). The number of carbonyl (C=O) groups is 1. The van der Waals surface area contributed by atoms with E-state index in [4.69, 9.17) is 27.9 Å². The van der Waals surface area contributed by atoms with Gasteiger partial charge in [-0.1, -0.05) is 102 Å². The number of benzene rings is 4. The van der Waals surface area contributed by atoms with Gasteiger partial charge >= 0.3 is 0 Å². The Kier molecular flexibility index (Phi) is 6.90. The standard InChI is InChI=1S/C30H22Cl2N2O2/c1-20-12-14-21(15-13-20)19-36-29-23(16-24(31)18-27(29)32)17-26-28(22-8-4-2-5-9-22)33-34(30(26)35)25-10-6-3-7-11-25/h2-18H,19H2,1H3/b26-17-. The van der Waals surface area contributed by atoms with E-state index < -0.39 is 0 Å². The number of halogens is 2. The van der Waals surface area contributed by atoms with Gasteiger partial charge in [0.2, 0.25) is 0 Å². The smallest absolute Gasteiger partial charge is 0.281 e. The van der Waals surface area contributed by atoms with Crippen molar-refractivity contribution in [2.75, 3.05) is 5.01 Å². The maximum absolute atomic E-state index is 13.6. The number of hydrogen-bond donors (Lipinski definition) is 0. The maximum Gasteiger partial charge on any atom is 0.281 e. The third kappa shape index (κ3) is 5.06. The Morgan fingerprint density at radius 1 is 0.889 bits per heavy atom. The lowest BCUT2D eigenvalue weighted by Gasteiger charge is -2.14. The zero-order valence-electron chi connectivity index (χ0n) is 19.5. The largest absolute Gasteiger partial charge is 0.487 e. The fraction of sp³-hybridized carbons (Fsp3) is 0.0667. The predicted molar refractivity (Wildman–Crippen MR) is 147 cm³/mol. The Hall–Kier alpha value is -3.86.